The van der Waals surface area contributed by atoms with Gasteiger partial charge >= 0.3 is 0 Å². The number of nitrogens with zero attached hydrogens (tertiary/aromatic N) is 1. The number of aromatic amines is 1. The van der Waals surface area contributed by atoms with Crippen molar-refractivity contribution in [1.29, 1.82) is 0 Å². The maximum absolute atomic E-state index is 14.9. The maximum Gasteiger partial charge on any atom is 0.264 e. The zero-order valence-electron chi connectivity index (χ0n) is 22.0. The summed E-state index contributed by atoms with van der Waals surface area (Å²) >= 11 is 12.3. The van der Waals surface area contributed by atoms with Crippen LogP contribution in [0.5, 0.6) is 5.75 Å². The molecule has 10 heteroatoms. The molecule has 3 aromatic carbocycles. The summed E-state index contributed by atoms with van der Waals surface area (Å²) in [6.45, 7) is 3.72. The van der Waals surface area contributed by atoms with Gasteiger partial charge in [0.25, 0.3) is 10.0 Å². The van der Waals surface area contributed by atoms with E-state index in [0.717, 1.165) is 50.9 Å². The molecule has 1 aliphatic heterocycles. The molecular weight excluding hydrogens is 572 g/mol. The highest BCUT2D eigenvalue weighted by Crippen LogP contribution is 2.35. The molecule has 0 aliphatic carbocycles. The number of piperidine rings is 1. The van der Waals surface area contributed by atoms with E-state index in [2.05, 4.69) is 44.9 Å². The first-order valence-corrected chi connectivity index (χ1v) is 15.7. The molecule has 0 unspecified atom stereocenters. The fourth-order valence-electron chi connectivity index (χ4n) is 5.24. The van der Waals surface area contributed by atoms with Gasteiger partial charge in [-0.05, 0) is 74.5 Å². The third kappa shape index (κ3) is 6.92. The van der Waals surface area contributed by atoms with Crippen molar-refractivity contribution < 1.29 is 17.5 Å². The Labute approximate surface area is 244 Å². The van der Waals surface area contributed by atoms with Crippen molar-refractivity contribution in [2.45, 2.75) is 43.5 Å². The number of hydrogen-bond acceptors (Lipinski definition) is 4. The molecule has 0 saturated carbocycles. The number of unbranched alkanes of at least 4 members (excludes halogenated alkanes) is 1. The molecule has 1 aromatic heterocycles. The van der Waals surface area contributed by atoms with Crippen molar-refractivity contribution in [3.63, 3.8) is 0 Å². The van der Waals surface area contributed by atoms with E-state index in [1.165, 1.54) is 48.9 Å². The van der Waals surface area contributed by atoms with Crippen molar-refractivity contribution in [3.05, 3.63) is 88.3 Å². The standard InChI is InChI=1S/C30H32Cl2FN3O3S/c31-24-10-11-27(30-29(24)25(32)19-34-30)35-40(37,38)28-12-9-23(18-26(28)33)39-17-5-4-6-21-13-15-36(16-14-21)20-22-7-2-1-3-8-22/h1-3,7-12,18-19,21,34-35H,4-6,13-17,20H2. The summed E-state index contributed by atoms with van der Waals surface area (Å²) in [4.78, 5) is 4.95. The highest BCUT2D eigenvalue weighted by Gasteiger charge is 2.22. The van der Waals surface area contributed by atoms with Crippen LogP contribution >= 0.6 is 23.2 Å². The van der Waals surface area contributed by atoms with Gasteiger partial charge in [-0.1, -0.05) is 60.0 Å². The van der Waals surface area contributed by atoms with Crippen LogP contribution < -0.4 is 9.46 Å². The summed E-state index contributed by atoms with van der Waals surface area (Å²) < 4.78 is 48.9. The van der Waals surface area contributed by atoms with Gasteiger partial charge in [-0.2, -0.15) is 0 Å². The number of H-pyrrole nitrogens is 1. The van der Waals surface area contributed by atoms with Crippen LogP contribution in [0, 0.1) is 11.7 Å². The first kappa shape index (κ1) is 28.7. The monoisotopic (exact) mass is 603 g/mol. The third-order valence-corrected chi connectivity index (χ3v) is 9.42. The highest BCUT2D eigenvalue weighted by atomic mass is 35.5. The van der Waals surface area contributed by atoms with Crippen LogP contribution in [0.15, 0.2) is 71.8 Å². The fraction of sp³-hybridized carbons (Fsp3) is 0.333. The Kier molecular flexibility index (Phi) is 9.20. The maximum atomic E-state index is 14.9. The van der Waals surface area contributed by atoms with Crippen LogP contribution in [0.1, 0.15) is 37.7 Å². The highest BCUT2D eigenvalue weighted by molar-refractivity contribution is 7.92. The van der Waals surface area contributed by atoms with Gasteiger partial charge in [-0.15, -0.1) is 0 Å². The zero-order valence-corrected chi connectivity index (χ0v) is 24.3. The van der Waals surface area contributed by atoms with Crippen LogP contribution in [0.4, 0.5) is 10.1 Å². The average Bonchev–Trinajstić information content (AvgIpc) is 3.34. The quantitative estimate of drug-likeness (QED) is 0.171. The minimum atomic E-state index is -4.21. The van der Waals surface area contributed by atoms with Gasteiger partial charge in [0.05, 0.1) is 27.9 Å². The largest absolute Gasteiger partial charge is 0.493 e. The van der Waals surface area contributed by atoms with Crippen LogP contribution in [-0.2, 0) is 16.6 Å². The van der Waals surface area contributed by atoms with Gasteiger partial charge in [0.15, 0.2) is 0 Å². The van der Waals surface area contributed by atoms with Crippen LogP contribution in [0.2, 0.25) is 10.0 Å². The molecule has 6 nitrogen and oxygen atoms in total. The molecule has 2 heterocycles. The van der Waals surface area contributed by atoms with Crippen molar-refractivity contribution in [2.24, 2.45) is 5.92 Å². The van der Waals surface area contributed by atoms with E-state index in [0.29, 0.717) is 33.3 Å². The molecule has 0 spiro atoms. The van der Waals surface area contributed by atoms with Crippen LogP contribution in [0.3, 0.4) is 0 Å². The first-order chi connectivity index (χ1) is 19.3. The molecular formula is C30H32Cl2FN3O3S. The molecule has 4 aromatic rings. The second-order valence-electron chi connectivity index (χ2n) is 10.2. The predicted octanol–water partition coefficient (Wildman–Crippen LogP) is 7.88. The molecule has 0 amide bonds. The number of anilines is 1. The van der Waals surface area contributed by atoms with E-state index in [-0.39, 0.29) is 5.69 Å². The van der Waals surface area contributed by atoms with E-state index in [1.54, 1.807) is 0 Å². The van der Waals surface area contributed by atoms with Gasteiger partial charge in [0, 0.05) is 24.2 Å². The van der Waals surface area contributed by atoms with Crippen LogP contribution in [0.25, 0.3) is 10.9 Å². The number of nitrogens with one attached hydrogen (secondary N) is 2. The summed E-state index contributed by atoms with van der Waals surface area (Å²) in [7, 11) is -4.21. The molecule has 2 N–H and O–H groups in total. The topological polar surface area (TPSA) is 74.4 Å². The molecule has 0 radical (unpaired) electrons. The summed E-state index contributed by atoms with van der Waals surface area (Å²) in [5.41, 5.74) is 1.99. The van der Waals surface area contributed by atoms with Crippen molar-refractivity contribution in [1.82, 2.24) is 9.88 Å². The number of rotatable bonds is 11. The number of halogens is 3. The number of benzene rings is 3. The fourth-order valence-corrected chi connectivity index (χ4v) is 6.93. The van der Waals surface area contributed by atoms with Crippen molar-refractivity contribution >= 4 is 49.8 Å². The molecule has 1 saturated heterocycles. The Hall–Kier alpha value is -2.78. The summed E-state index contributed by atoms with van der Waals surface area (Å²) in [6, 6.07) is 17.4. The molecule has 0 bridgehead atoms. The smallest absolute Gasteiger partial charge is 0.264 e. The predicted molar refractivity (Wildman–Crippen MR) is 159 cm³/mol. The minimum Gasteiger partial charge on any atom is -0.493 e. The summed E-state index contributed by atoms with van der Waals surface area (Å²) in [5, 5.41) is 1.22. The van der Waals surface area contributed by atoms with Crippen molar-refractivity contribution in [3.8, 4) is 5.75 Å². The van der Waals surface area contributed by atoms with Gasteiger partial charge < -0.3 is 9.72 Å². The number of hydrogen-bond donors (Lipinski definition) is 2. The second kappa shape index (κ2) is 12.8. The Morgan fingerprint density at radius 3 is 2.52 bits per heavy atom. The Morgan fingerprint density at radius 2 is 1.77 bits per heavy atom. The number of likely N-dealkylation sites (tertiary alicyclic amines) is 1. The van der Waals surface area contributed by atoms with E-state index < -0.39 is 20.7 Å². The Bertz CT molecular complexity index is 1560. The van der Waals surface area contributed by atoms with Gasteiger partial charge in [-0.25, -0.2) is 12.8 Å². The van der Waals surface area contributed by atoms with Gasteiger partial charge in [0.1, 0.15) is 16.5 Å². The van der Waals surface area contributed by atoms with E-state index >= 15 is 0 Å². The molecule has 5 rings (SSSR count). The molecule has 1 aliphatic rings. The minimum absolute atomic E-state index is 0.216. The summed E-state index contributed by atoms with van der Waals surface area (Å²) in [5.74, 6) is 0.142. The lowest BCUT2D eigenvalue weighted by atomic mass is 9.91. The molecule has 212 valence electrons. The van der Waals surface area contributed by atoms with Gasteiger partial charge in [-0.3, -0.25) is 9.62 Å². The number of aromatic nitrogens is 1. The number of sulfonamides is 1. The molecule has 40 heavy (non-hydrogen) atoms. The molecule has 0 atom stereocenters. The lowest BCUT2D eigenvalue weighted by Crippen LogP contribution is -2.33. The lowest BCUT2D eigenvalue weighted by Gasteiger charge is -2.32. The Morgan fingerprint density at radius 1 is 1.00 bits per heavy atom. The Balaban J connectivity index is 1.07. The third-order valence-electron chi connectivity index (χ3n) is 7.41. The number of fused-ring (bicyclic) bond motifs is 1. The van der Waals surface area contributed by atoms with Crippen LogP contribution in [-0.4, -0.2) is 38.0 Å². The second-order valence-corrected chi connectivity index (χ2v) is 12.7. The number of ether oxygens (including phenoxy) is 1. The van der Waals surface area contributed by atoms with E-state index in [1.807, 2.05) is 0 Å². The van der Waals surface area contributed by atoms with Gasteiger partial charge in [0.2, 0.25) is 0 Å². The average molecular weight is 605 g/mol. The first-order valence-electron chi connectivity index (χ1n) is 13.5. The SMILES string of the molecule is O=S(=O)(Nc1ccc(Cl)c2c(Cl)c[nH]c12)c1ccc(OCCCCC2CCN(Cc3ccccc3)CC2)cc1F. The lowest BCUT2D eigenvalue weighted by molar-refractivity contribution is 0.169. The zero-order chi connectivity index (χ0) is 28.1. The van der Waals surface area contributed by atoms with E-state index in [9.17, 15) is 12.8 Å². The summed E-state index contributed by atoms with van der Waals surface area (Å²) in [6.07, 6.45) is 6.99. The normalized spacial score (nSPS) is 15.0. The van der Waals surface area contributed by atoms with Crippen molar-refractivity contribution in [2.75, 3.05) is 24.4 Å². The molecule has 1 fully saturated rings. The van der Waals surface area contributed by atoms with E-state index in [4.69, 9.17) is 27.9 Å².